The minimum atomic E-state index is 0.753. The van der Waals surface area contributed by atoms with Gasteiger partial charge in [0.25, 0.3) is 0 Å². The molecule has 0 saturated heterocycles. The van der Waals surface area contributed by atoms with Crippen LogP contribution in [0.5, 0.6) is 0 Å². The molecule has 0 amide bonds. The van der Waals surface area contributed by atoms with Crippen LogP contribution in [0.3, 0.4) is 0 Å². The maximum Gasteiger partial charge on any atom is 0.00641 e. The summed E-state index contributed by atoms with van der Waals surface area (Å²) in [5, 5.41) is 3.37. The first kappa shape index (κ1) is 14.9. The lowest BCUT2D eigenvalue weighted by molar-refractivity contribution is 0.210. The molecule has 0 heterocycles. The Morgan fingerprint density at radius 2 is 1.80 bits per heavy atom. The van der Waals surface area contributed by atoms with E-state index in [0.717, 1.165) is 12.6 Å². The van der Waals surface area contributed by atoms with E-state index in [1.54, 1.807) is 0 Å². The summed E-state index contributed by atoms with van der Waals surface area (Å²) < 4.78 is 0. The van der Waals surface area contributed by atoms with Crippen molar-refractivity contribution in [3.8, 4) is 0 Å². The molecule has 92 valence electrons. The van der Waals surface area contributed by atoms with Crippen LogP contribution >= 0.6 is 0 Å². The van der Waals surface area contributed by atoms with Gasteiger partial charge in [-0.2, -0.15) is 0 Å². The van der Waals surface area contributed by atoms with E-state index in [0.29, 0.717) is 0 Å². The molecule has 0 aromatic carbocycles. The first-order valence-corrected chi connectivity index (χ1v) is 6.70. The van der Waals surface area contributed by atoms with Gasteiger partial charge in [0, 0.05) is 6.04 Å². The molecule has 2 nitrogen and oxygen atoms in total. The lowest BCUT2D eigenvalue weighted by Gasteiger charge is -2.26. The number of rotatable bonds is 10. The van der Waals surface area contributed by atoms with Gasteiger partial charge in [-0.05, 0) is 52.4 Å². The topological polar surface area (TPSA) is 15.3 Å². The Bertz CT molecular complexity index is 126. The number of nitrogens with zero attached hydrogens (tertiary/aromatic N) is 1. The van der Waals surface area contributed by atoms with Gasteiger partial charge >= 0.3 is 0 Å². The van der Waals surface area contributed by atoms with Crippen LogP contribution in [0, 0.1) is 0 Å². The summed E-state index contributed by atoms with van der Waals surface area (Å²) in [6.45, 7) is 13.8. The molecule has 1 N–H and O–H groups in total. The molecule has 2 heteroatoms. The van der Waals surface area contributed by atoms with Gasteiger partial charge in [0.2, 0.25) is 0 Å². The molecule has 15 heavy (non-hydrogen) atoms. The Balaban J connectivity index is 3.38. The highest BCUT2D eigenvalue weighted by molar-refractivity contribution is 4.64. The SMILES string of the molecule is CCNCCCCCN(CC)C(C)CC. The van der Waals surface area contributed by atoms with E-state index in [-0.39, 0.29) is 0 Å². The maximum absolute atomic E-state index is 3.37. The number of unbranched alkanes of at least 4 members (excludes halogenated alkanes) is 2. The number of nitrogens with one attached hydrogen (secondary N) is 1. The molecule has 0 fully saturated rings. The van der Waals surface area contributed by atoms with Crippen molar-refractivity contribution >= 4 is 0 Å². The molecule has 0 aliphatic heterocycles. The molecule has 0 aromatic rings. The van der Waals surface area contributed by atoms with E-state index in [9.17, 15) is 0 Å². The van der Waals surface area contributed by atoms with Gasteiger partial charge in [-0.25, -0.2) is 0 Å². The summed E-state index contributed by atoms with van der Waals surface area (Å²) in [7, 11) is 0. The van der Waals surface area contributed by atoms with Crippen LogP contribution in [0.15, 0.2) is 0 Å². The first-order valence-electron chi connectivity index (χ1n) is 6.70. The van der Waals surface area contributed by atoms with Crippen molar-refractivity contribution < 1.29 is 0 Å². The Morgan fingerprint density at radius 3 is 2.33 bits per heavy atom. The zero-order valence-electron chi connectivity index (χ0n) is 11.2. The van der Waals surface area contributed by atoms with Crippen molar-refractivity contribution in [1.82, 2.24) is 10.2 Å². The summed E-state index contributed by atoms with van der Waals surface area (Å²) in [5.41, 5.74) is 0. The Kier molecular flexibility index (Phi) is 10.4. The molecule has 0 rings (SSSR count). The minimum Gasteiger partial charge on any atom is -0.317 e. The average molecular weight is 214 g/mol. The molecule has 1 atom stereocenters. The smallest absolute Gasteiger partial charge is 0.00641 e. The third-order valence-corrected chi connectivity index (χ3v) is 3.17. The molecule has 0 aromatic heterocycles. The average Bonchev–Trinajstić information content (AvgIpc) is 2.27. The van der Waals surface area contributed by atoms with Gasteiger partial charge in [-0.15, -0.1) is 0 Å². The molecule has 0 aliphatic carbocycles. The summed E-state index contributed by atoms with van der Waals surface area (Å²) in [6, 6.07) is 0.753. The highest BCUT2D eigenvalue weighted by Gasteiger charge is 2.08. The number of hydrogen-bond acceptors (Lipinski definition) is 2. The van der Waals surface area contributed by atoms with E-state index < -0.39 is 0 Å². The largest absolute Gasteiger partial charge is 0.317 e. The standard InChI is InChI=1S/C13H30N2/c1-5-13(4)15(7-3)12-10-8-9-11-14-6-2/h13-14H,5-12H2,1-4H3. The summed E-state index contributed by atoms with van der Waals surface area (Å²) in [6.07, 6.45) is 5.31. The Labute approximate surface area is 96.4 Å². The molecule has 0 bridgehead atoms. The van der Waals surface area contributed by atoms with Crippen molar-refractivity contribution in [2.24, 2.45) is 0 Å². The summed E-state index contributed by atoms with van der Waals surface area (Å²) >= 11 is 0. The minimum absolute atomic E-state index is 0.753. The second-order valence-corrected chi connectivity index (χ2v) is 4.30. The van der Waals surface area contributed by atoms with Crippen molar-refractivity contribution in [2.75, 3.05) is 26.2 Å². The number of hydrogen-bond donors (Lipinski definition) is 1. The van der Waals surface area contributed by atoms with Gasteiger partial charge in [0.05, 0.1) is 0 Å². The molecule has 0 aliphatic rings. The van der Waals surface area contributed by atoms with E-state index >= 15 is 0 Å². The van der Waals surface area contributed by atoms with E-state index in [2.05, 4.69) is 37.9 Å². The van der Waals surface area contributed by atoms with E-state index in [1.165, 1.54) is 45.3 Å². The fourth-order valence-electron chi connectivity index (χ4n) is 1.87. The monoisotopic (exact) mass is 214 g/mol. The van der Waals surface area contributed by atoms with Crippen LogP contribution in [0.2, 0.25) is 0 Å². The summed E-state index contributed by atoms with van der Waals surface area (Å²) in [5.74, 6) is 0. The van der Waals surface area contributed by atoms with E-state index in [4.69, 9.17) is 0 Å². The second kappa shape index (κ2) is 10.4. The quantitative estimate of drug-likeness (QED) is 0.563. The highest BCUT2D eigenvalue weighted by Crippen LogP contribution is 2.05. The molecule has 0 saturated carbocycles. The van der Waals surface area contributed by atoms with Crippen molar-refractivity contribution in [3.63, 3.8) is 0 Å². The van der Waals surface area contributed by atoms with Crippen LogP contribution in [0.1, 0.15) is 53.4 Å². The zero-order chi connectivity index (χ0) is 11.5. The molecular formula is C13H30N2. The Hall–Kier alpha value is -0.0800. The first-order chi connectivity index (χ1) is 7.26. The highest BCUT2D eigenvalue weighted by atomic mass is 15.1. The Morgan fingerprint density at radius 1 is 1.07 bits per heavy atom. The second-order valence-electron chi connectivity index (χ2n) is 4.30. The van der Waals surface area contributed by atoms with E-state index in [1.807, 2.05) is 0 Å². The molecular weight excluding hydrogens is 184 g/mol. The molecule has 1 unspecified atom stereocenters. The van der Waals surface area contributed by atoms with Gasteiger partial charge in [-0.3, -0.25) is 0 Å². The lowest BCUT2D eigenvalue weighted by Crippen LogP contribution is -2.33. The van der Waals surface area contributed by atoms with Crippen LogP contribution in [-0.4, -0.2) is 37.1 Å². The van der Waals surface area contributed by atoms with Gasteiger partial charge in [0.1, 0.15) is 0 Å². The molecule has 0 radical (unpaired) electrons. The van der Waals surface area contributed by atoms with Crippen molar-refractivity contribution in [3.05, 3.63) is 0 Å². The van der Waals surface area contributed by atoms with Gasteiger partial charge < -0.3 is 10.2 Å². The van der Waals surface area contributed by atoms with Crippen LogP contribution < -0.4 is 5.32 Å². The predicted octanol–water partition coefficient (Wildman–Crippen LogP) is 2.89. The lowest BCUT2D eigenvalue weighted by atomic mass is 10.2. The van der Waals surface area contributed by atoms with Crippen LogP contribution in [0.4, 0.5) is 0 Å². The fraction of sp³-hybridized carbons (Fsp3) is 1.00. The van der Waals surface area contributed by atoms with Crippen LogP contribution in [-0.2, 0) is 0 Å². The van der Waals surface area contributed by atoms with Crippen LogP contribution in [0.25, 0.3) is 0 Å². The third-order valence-electron chi connectivity index (χ3n) is 3.17. The maximum atomic E-state index is 3.37. The predicted molar refractivity (Wildman–Crippen MR) is 69.4 cm³/mol. The van der Waals surface area contributed by atoms with Crippen molar-refractivity contribution in [2.45, 2.75) is 59.4 Å². The van der Waals surface area contributed by atoms with Gasteiger partial charge in [0.15, 0.2) is 0 Å². The fourth-order valence-corrected chi connectivity index (χ4v) is 1.87. The normalized spacial score (nSPS) is 13.4. The summed E-state index contributed by atoms with van der Waals surface area (Å²) in [4.78, 5) is 2.59. The zero-order valence-corrected chi connectivity index (χ0v) is 11.2. The van der Waals surface area contributed by atoms with Crippen molar-refractivity contribution in [1.29, 1.82) is 0 Å². The molecule has 0 spiro atoms. The third kappa shape index (κ3) is 7.80. The van der Waals surface area contributed by atoms with Gasteiger partial charge in [-0.1, -0.05) is 27.2 Å².